The second-order valence-electron chi connectivity index (χ2n) is 4.83. The van der Waals surface area contributed by atoms with Gasteiger partial charge in [-0.25, -0.2) is 0 Å². The molecule has 0 bridgehead atoms. The number of carbonyl (C=O) groups is 1. The number of furan rings is 1. The Labute approximate surface area is 147 Å². The van der Waals surface area contributed by atoms with E-state index in [1.807, 2.05) is 20.2 Å². The van der Waals surface area contributed by atoms with Crippen LogP contribution in [-0.2, 0) is 4.79 Å². The first-order chi connectivity index (χ1) is 10.9. The summed E-state index contributed by atoms with van der Waals surface area (Å²) in [4.78, 5) is 13.9. The van der Waals surface area contributed by atoms with Crippen molar-refractivity contribution in [1.29, 1.82) is 5.26 Å². The summed E-state index contributed by atoms with van der Waals surface area (Å²) < 4.78 is 6.32. The van der Waals surface area contributed by atoms with Crippen LogP contribution in [-0.4, -0.2) is 20.0 Å². The molecule has 1 aromatic carbocycles. The molecule has 0 unspecified atom stereocenters. The third-order valence-electron chi connectivity index (χ3n) is 2.85. The van der Waals surface area contributed by atoms with Gasteiger partial charge in [0.15, 0.2) is 0 Å². The van der Waals surface area contributed by atoms with Crippen molar-refractivity contribution in [3.63, 3.8) is 0 Å². The van der Waals surface area contributed by atoms with Crippen LogP contribution in [0, 0.1) is 11.3 Å². The highest BCUT2D eigenvalue weighted by atomic mass is 79.9. The number of anilines is 2. The van der Waals surface area contributed by atoms with E-state index in [1.165, 1.54) is 6.08 Å². The monoisotopic (exact) mass is 393 g/mol. The lowest BCUT2D eigenvalue weighted by Crippen LogP contribution is -2.13. The summed E-state index contributed by atoms with van der Waals surface area (Å²) in [7, 11) is 3.66. The molecule has 1 heterocycles. The lowest BCUT2D eigenvalue weighted by Gasteiger charge is -2.07. The van der Waals surface area contributed by atoms with Gasteiger partial charge in [-0.15, -0.1) is 0 Å². The highest BCUT2D eigenvalue weighted by molar-refractivity contribution is 9.10. The smallest absolute Gasteiger partial charge is 0.266 e. The molecule has 1 aromatic heterocycles. The second-order valence-corrected chi connectivity index (χ2v) is 6.12. The van der Waals surface area contributed by atoms with Gasteiger partial charge in [-0.05, 0) is 40.2 Å². The van der Waals surface area contributed by atoms with Crippen LogP contribution in [0.4, 0.5) is 11.6 Å². The summed E-state index contributed by atoms with van der Waals surface area (Å²) >= 11 is 9.16. The molecule has 7 heteroatoms. The molecule has 1 N–H and O–H groups in total. The van der Waals surface area contributed by atoms with Crippen LogP contribution in [0.3, 0.4) is 0 Å². The van der Waals surface area contributed by atoms with Crippen molar-refractivity contribution in [2.75, 3.05) is 24.3 Å². The van der Waals surface area contributed by atoms with Gasteiger partial charge in [0.2, 0.25) is 5.88 Å². The van der Waals surface area contributed by atoms with E-state index in [4.69, 9.17) is 16.0 Å². The van der Waals surface area contributed by atoms with E-state index in [1.54, 1.807) is 35.2 Å². The van der Waals surface area contributed by atoms with E-state index < -0.39 is 5.91 Å². The standard InChI is InChI=1S/C16H13BrClN3O2/c1-21(2)16-14(17)8-13(23-16)7-10(9-19)15(22)20-12-5-3-11(18)4-6-12/h3-8H,1-2H3,(H,20,22)/b10-7-. The van der Waals surface area contributed by atoms with Crippen molar-refractivity contribution < 1.29 is 9.21 Å². The fourth-order valence-electron chi connectivity index (χ4n) is 1.78. The molecular weight excluding hydrogens is 382 g/mol. The summed E-state index contributed by atoms with van der Waals surface area (Å²) in [6.45, 7) is 0. The Morgan fingerprint density at radius 1 is 1.39 bits per heavy atom. The Bertz CT molecular complexity index is 789. The quantitative estimate of drug-likeness (QED) is 0.620. The fourth-order valence-corrected chi connectivity index (χ4v) is 2.56. The van der Waals surface area contributed by atoms with E-state index in [0.717, 1.165) is 4.47 Å². The molecule has 0 aliphatic carbocycles. The summed E-state index contributed by atoms with van der Waals surface area (Å²) in [6.07, 6.45) is 1.39. The Kier molecular flexibility index (Phi) is 5.48. The minimum Gasteiger partial charge on any atom is -0.440 e. The van der Waals surface area contributed by atoms with Crippen molar-refractivity contribution in [3.8, 4) is 6.07 Å². The third-order valence-corrected chi connectivity index (χ3v) is 3.67. The van der Waals surface area contributed by atoms with Gasteiger partial charge in [-0.3, -0.25) is 4.79 Å². The minimum absolute atomic E-state index is 0.0634. The Morgan fingerprint density at radius 2 is 2.04 bits per heavy atom. The zero-order chi connectivity index (χ0) is 17.0. The molecule has 118 valence electrons. The highest BCUT2D eigenvalue weighted by Crippen LogP contribution is 2.30. The molecule has 0 saturated carbocycles. The molecule has 0 aliphatic rings. The van der Waals surface area contributed by atoms with Gasteiger partial charge in [0, 0.05) is 36.9 Å². The van der Waals surface area contributed by atoms with Gasteiger partial charge in [-0.1, -0.05) is 11.6 Å². The topological polar surface area (TPSA) is 69.3 Å². The van der Waals surface area contributed by atoms with Gasteiger partial charge >= 0.3 is 0 Å². The average Bonchev–Trinajstić information content (AvgIpc) is 2.88. The lowest BCUT2D eigenvalue weighted by molar-refractivity contribution is -0.112. The van der Waals surface area contributed by atoms with Gasteiger partial charge in [0.1, 0.15) is 17.4 Å². The first kappa shape index (κ1) is 17.1. The number of nitrogens with one attached hydrogen (secondary N) is 1. The number of hydrogen-bond acceptors (Lipinski definition) is 4. The first-order valence-corrected chi connectivity index (χ1v) is 7.73. The van der Waals surface area contributed by atoms with E-state index in [-0.39, 0.29) is 5.57 Å². The van der Waals surface area contributed by atoms with Crippen LogP contribution in [0.25, 0.3) is 6.08 Å². The maximum absolute atomic E-state index is 12.2. The maximum atomic E-state index is 12.2. The van der Waals surface area contributed by atoms with Crippen LogP contribution < -0.4 is 10.2 Å². The van der Waals surface area contributed by atoms with Crippen LogP contribution in [0.2, 0.25) is 5.02 Å². The molecule has 2 aromatic rings. The molecule has 0 fully saturated rings. The van der Waals surface area contributed by atoms with Crippen molar-refractivity contribution >= 4 is 51.1 Å². The fraction of sp³-hybridized carbons (Fsp3) is 0.125. The van der Waals surface area contributed by atoms with Gasteiger partial charge < -0.3 is 14.6 Å². The summed E-state index contributed by atoms with van der Waals surface area (Å²) in [6, 6.07) is 10.2. The predicted molar refractivity (Wildman–Crippen MR) is 94.4 cm³/mol. The van der Waals surface area contributed by atoms with Crippen LogP contribution in [0.1, 0.15) is 5.76 Å². The van der Waals surface area contributed by atoms with Crippen LogP contribution in [0.15, 0.2) is 44.8 Å². The molecule has 2 rings (SSSR count). The molecule has 5 nitrogen and oxygen atoms in total. The first-order valence-electron chi connectivity index (χ1n) is 6.56. The molecule has 0 atom stereocenters. The number of carbonyl (C=O) groups excluding carboxylic acids is 1. The highest BCUT2D eigenvalue weighted by Gasteiger charge is 2.14. The average molecular weight is 395 g/mol. The number of halogens is 2. The third kappa shape index (κ3) is 4.38. The number of nitrogens with zero attached hydrogens (tertiary/aromatic N) is 2. The SMILES string of the molecule is CN(C)c1oc(/C=C(/C#N)C(=O)Nc2ccc(Cl)cc2)cc1Br. The Morgan fingerprint density at radius 3 is 2.57 bits per heavy atom. The largest absolute Gasteiger partial charge is 0.440 e. The van der Waals surface area contributed by atoms with Crippen LogP contribution in [0.5, 0.6) is 0 Å². The molecule has 0 spiro atoms. The van der Waals surface area contributed by atoms with Crippen molar-refractivity contribution in [1.82, 2.24) is 0 Å². The number of rotatable bonds is 4. The normalized spacial score (nSPS) is 11.0. The molecule has 0 saturated heterocycles. The van der Waals surface area contributed by atoms with Gasteiger partial charge in [0.25, 0.3) is 5.91 Å². The predicted octanol–water partition coefficient (Wildman–Crippen LogP) is 4.31. The number of benzene rings is 1. The van der Waals surface area contributed by atoms with E-state index in [2.05, 4.69) is 21.2 Å². The zero-order valence-corrected chi connectivity index (χ0v) is 14.8. The second kappa shape index (κ2) is 7.36. The number of amides is 1. The van der Waals surface area contributed by atoms with E-state index in [9.17, 15) is 10.1 Å². The van der Waals surface area contributed by atoms with Crippen molar-refractivity contribution in [3.05, 3.63) is 51.2 Å². The molecular formula is C16H13BrClN3O2. The molecule has 1 amide bonds. The molecule has 23 heavy (non-hydrogen) atoms. The summed E-state index contributed by atoms with van der Waals surface area (Å²) in [5.41, 5.74) is 0.488. The number of nitriles is 1. The minimum atomic E-state index is -0.520. The summed E-state index contributed by atoms with van der Waals surface area (Å²) in [5, 5.41) is 12.4. The number of hydrogen-bond donors (Lipinski definition) is 1. The van der Waals surface area contributed by atoms with Gasteiger partial charge in [-0.2, -0.15) is 5.26 Å². The molecule has 0 aliphatic heterocycles. The summed E-state index contributed by atoms with van der Waals surface area (Å²) in [5.74, 6) is 0.490. The van der Waals surface area contributed by atoms with E-state index in [0.29, 0.717) is 22.4 Å². The van der Waals surface area contributed by atoms with Gasteiger partial charge in [0.05, 0.1) is 4.47 Å². The van der Waals surface area contributed by atoms with Crippen molar-refractivity contribution in [2.45, 2.75) is 0 Å². The van der Waals surface area contributed by atoms with Crippen molar-refractivity contribution in [2.24, 2.45) is 0 Å². The maximum Gasteiger partial charge on any atom is 0.266 e. The zero-order valence-electron chi connectivity index (χ0n) is 12.4. The van der Waals surface area contributed by atoms with Crippen LogP contribution >= 0.6 is 27.5 Å². The van der Waals surface area contributed by atoms with E-state index >= 15 is 0 Å². The lowest BCUT2D eigenvalue weighted by atomic mass is 10.2. The molecule has 0 radical (unpaired) electrons. The Hall–Kier alpha value is -2.23. The Balaban J connectivity index is 2.21.